The zero-order valence-corrected chi connectivity index (χ0v) is 19.2. The number of thiazole rings is 1. The third-order valence-corrected chi connectivity index (χ3v) is 5.00. The second kappa shape index (κ2) is 9.69. The van der Waals surface area contributed by atoms with Crippen LogP contribution >= 0.6 is 11.3 Å². The predicted octanol–water partition coefficient (Wildman–Crippen LogP) is 4.01. The lowest BCUT2D eigenvalue weighted by Crippen LogP contribution is -2.37. The van der Waals surface area contributed by atoms with Crippen molar-refractivity contribution in [1.82, 2.24) is 25.3 Å². The van der Waals surface area contributed by atoms with Crippen molar-refractivity contribution in [3.63, 3.8) is 0 Å². The maximum absolute atomic E-state index is 11.8. The molecule has 0 spiro atoms. The summed E-state index contributed by atoms with van der Waals surface area (Å²) in [4.78, 5) is 32.2. The summed E-state index contributed by atoms with van der Waals surface area (Å²) in [6, 6.07) is 5.75. The normalized spacial score (nSPS) is 11.1. The first-order valence-electron chi connectivity index (χ1n) is 9.86. The van der Waals surface area contributed by atoms with E-state index in [2.05, 4.69) is 30.6 Å². The van der Waals surface area contributed by atoms with Crippen molar-refractivity contribution in [1.29, 1.82) is 0 Å². The van der Waals surface area contributed by atoms with E-state index in [1.165, 1.54) is 11.3 Å². The van der Waals surface area contributed by atoms with Gasteiger partial charge in [-0.05, 0) is 45.4 Å². The van der Waals surface area contributed by atoms with Crippen LogP contribution in [0.5, 0.6) is 0 Å². The van der Waals surface area contributed by atoms with Gasteiger partial charge in [0.2, 0.25) is 0 Å². The van der Waals surface area contributed by atoms with Crippen molar-refractivity contribution < 1.29 is 9.53 Å². The molecule has 0 saturated heterocycles. The van der Waals surface area contributed by atoms with Crippen molar-refractivity contribution >= 4 is 34.2 Å². The summed E-state index contributed by atoms with van der Waals surface area (Å²) >= 11 is 1.54. The molecule has 164 valence electrons. The first-order valence-corrected chi connectivity index (χ1v) is 10.7. The molecule has 0 unspecified atom stereocenters. The highest BCUT2D eigenvalue weighted by Gasteiger charge is 2.16. The largest absolute Gasteiger partial charge is 0.444 e. The number of aryl methyl sites for hydroxylation is 1. The fraction of sp³-hybridized carbons (Fsp3) is 0.381. The molecule has 2 N–H and O–H groups in total. The fourth-order valence-electron chi connectivity index (χ4n) is 2.66. The van der Waals surface area contributed by atoms with E-state index in [0.717, 1.165) is 21.4 Å². The standard InChI is InChI=1S/C21H27N7O2S/c1-14-25-17(27-19-24-13-16(31-19)15-6-8-22-9-7-15)12-18(26-14)28(5)11-10-23-20(29)30-21(2,3)4/h6-9,12-13H,10-11H2,1-5H3,(H,23,29)(H,24,25,26,27). The summed E-state index contributed by atoms with van der Waals surface area (Å²) in [5.41, 5.74) is 0.547. The summed E-state index contributed by atoms with van der Waals surface area (Å²) in [5, 5.41) is 6.75. The van der Waals surface area contributed by atoms with Gasteiger partial charge in [-0.3, -0.25) is 4.98 Å². The Hall–Kier alpha value is -3.27. The Balaban J connectivity index is 1.61. The molecule has 0 aliphatic heterocycles. The number of anilines is 3. The van der Waals surface area contributed by atoms with Gasteiger partial charge in [-0.25, -0.2) is 19.7 Å². The molecule has 0 aliphatic carbocycles. The van der Waals surface area contributed by atoms with Crippen LogP contribution in [-0.4, -0.2) is 51.8 Å². The minimum absolute atomic E-state index is 0.430. The van der Waals surface area contributed by atoms with Crippen LogP contribution in [0.2, 0.25) is 0 Å². The van der Waals surface area contributed by atoms with E-state index in [1.807, 2.05) is 64.0 Å². The van der Waals surface area contributed by atoms with Gasteiger partial charge in [0.1, 0.15) is 23.1 Å². The van der Waals surface area contributed by atoms with E-state index in [-0.39, 0.29) is 0 Å². The van der Waals surface area contributed by atoms with Crippen LogP contribution in [-0.2, 0) is 4.74 Å². The summed E-state index contributed by atoms with van der Waals surface area (Å²) in [6.07, 6.45) is 4.91. The average Bonchev–Trinajstić information content (AvgIpc) is 3.15. The number of hydrogen-bond acceptors (Lipinski definition) is 9. The number of alkyl carbamates (subject to hydrolysis) is 1. The van der Waals surface area contributed by atoms with Crippen molar-refractivity contribution in [2.75, 3.05) is 30.4 Å². The van der Waals surface area contributed by atoms with Crippen LogP contribution in [0.15, 0.2) is 36.8 Å². The van der Waals surface area contributed by atoms with E-state index in [1.54, 1.807) is 12.4 Å². The van der Waals surface area contributed by atoms with Crippen LogP contribution in [0.25, 0.3) is 10.4 Å². The van der Waals surface area contributed by atoms with Gasteiger partial charge in [0.15, 0.2) is 5.13 Å². The molecular formula is C21H27N7O2S. The molecule has 0 aromatic carbocycles. The fourth-order valence-corrected chi connectivity index (χ4v) is 3.49. The van der Waals surface area contributed by atoms with E-state index in [9.17, 15) is 4.79 Å². The quantitative estimate of drug-likeness (QED) is 0.567. The Morgan fingerprint density at radius 3 is 2.68 bits per heavy atom. The Labute approximate surface area is 185 Å². The molecular weight excluding hydrogens is 414 g/mol. The molecule has 0 atom stereocenters. The van der Waals surface area contributed by atoms with Gasteiger partial charge in [-0.1, -0.05) is 11.3 Å². The summed E-state index contributed by atoms with van der Waals surface area (Å²) in [7, 11) is 1.91. The highest BCUT2D eigenvalue weighted by atomic mass is 32.1. The smallest absolute Gasteiger partial charge is 0.407 e. The number of likely N-dealkylation sites (N-methyl/N-ethyl adjacent to an activating group) is 1. The van der Waals surface area contributed by atoms with Crippen molar-refractivity contribution in [2.45, 2.75) is 33.3 Å². The summed E-state index contributed by atoms with van der Waals surface area (Å²) < 4.78 is 5.25. The minimum atomic E-state index is -0.520. The number of carbonyl (C=O) groups excluding carboxylic acids is 1. The molecule has 31 heavy (non-hydrogen) atoms. The molecule has 3 rings (SSSR count). The molecule has 10 heteroatoms. The Bertz CT molecular complexity index is 1020. The highest BCUT2D eigenvalue weighted by molar-refractivity contribution is 7.18. The van der Waals surface area contributed by atoms with Gasteiger partial charge >= 0.3 is 6.09 Å². The zero-order chi connectivity index (χ0) is 22.4. The van der Waals surface area contributed by atoms with Crippen LogP contribution in [0, 0.1) is 6.92 Å². The van der Waals surface area contributed by atoms with E-state index >= 15 is 0 Å². The number of nitrogens with zero attached hydrogens (tertiary/aromatic N) is 5. The lowest BCUT2D eigenvalue weighted by molar-refractivity contribution is 0.0529. The Kier molecular flexibility index (Phi) is 7.01. The van der Waals surface area contributed by atoms with Gasteiger partial charge < -0.3 is 20.3 Å². The van der Waals surface area contributed by atoms with Crippen LogP contribution in [0.3, 0.4) is 0 Å². The summed E-state index contributed by atoms with van der Waals surface area (Å²) in [5.74, 6) is 2.04. The van der Waals surface area contributed by atoms with Gasteiger partial charge in [0.05, 0.1) is 4.88 Å². The molecule has 3 aromatic rings. The van der Waals surface area contributed by atoms with Crippen molar-refractivity contribution in [2.24, 2.45) is 0 Å². The second-order valence-electron chi connectivity index (χ2n) is 7.90. The molecule has 0 fully saturated rings. The predicted molar refractivity (Wildman–Crippen MR) is 123 cm³/mol. The van der Waals surface area contributed by atoms with Crippen LogP contribution in [0.1, 0.15) is 26.6 Å². The monoisotopic (exact) mass is 441 g/mol. The molecule has 0 aliphatic rings. The van der Waals surface area contributed by atoms with Crippen LogP contribution < -0.4 is 15.5 Å². The molecule has 9 nitrogen and oxygen atoms in total. The maximum atomic E-state index is 11.8. The van der Waals surface area contributed by atoms with Gasteiger partial charge in [0, 0.05) is 44.8 Å². The number of aromatic nitrogens is 4. The number of hydrogen-bond donors (Lipinski definition) is 2. The van der Waals surface area contributed by atoms with Crippen molar-refractivity contribution in [3.8, 4) is 10.4 Å². The Morgan fingerprint density at radius 1 is 1.23 bits per heavy atom. The number of nitrogens with one attached hydrogen (secondary N) is 2. The second-order valence-corrected chi connectivity index (χ2v) is 8.93. The average molecular weight is 442 g/mol. The maximum Gasteiger partial charge on any atom is 0.407 e. The summed E-state index contributed by atoms with van der Waals surface area (Å²) in [6.45, 7) is 8.33. The third kappa shape index (κ3) is 6.88. The molecule has 0 saturated carbocycles. The van der Waals surface area contributed by atoms with Crippen LogP contribution in [0.4, 0.5) is 21.6 Å². The number of carbonyl (C=O) groups is 1. The Morgan fingerprint density at radius 2 is 1.97 bits per heavy atom. The molecule has 3 aromatic heterocycles. The number of ether oxygens (including phenoxy) is 1. The van der Waals surface area contributed by atoms with E-state index < -0.39 is 11.7 Å². The van der Waals surface area contributed by atoms with Gasteiger partial charge in [-0.15, -0.1) is 0 Å². The molecule has 0 radical (unpaired) electrons. The topological polar surface area (TPSA) is 105 Å². The van der Waals surface area contributed by atoms with Crippen molar-refractivity contribution in [3.05, 3.63) is 42.6 Å². The highest BCUT2D eigenvalue weighted by Crippen LogP contribution is 2.30. The first-order chi connectivity index (χ1) is 14.7. The van der Waals surface area contributed by atoms with E-state index in [4.69, 9.17) is 4.74 Å². The lowest BCUT2D eigenvalue weighted by atomic mass is 10.2. The molecule has 3 heterocycles. The van der Waals surface area contributed by atoms with E-state index in [0.29, 0.717) is 24.7 Å². The van der Waals surface area contributed by atoms with Gasteiger partial charge in [0.25, 0.3) is 0 Å². The first kappa shape index (κ1) is 22.4. The molecule has 0 bridgehead atoms. The third-order valence-electron chi connectivity index (χ3n) is 4.04. The SMILES string of the molecule is Cc1nc(Nc2ncc(-c3ccncc3)s2)cc(N(C)CCNC(=O)OC(C)(C)C)n1. The minimum Gasteiger partial charge on any atom is -0.444 e. The number of amides is 1. The van der Waals surface area contributed by atoms with Gasteiger partial charge in [-0.2, -0.15) is 0 Å². The number of pyridine rings is 1. The molecule has 1 amide bonds. The number of rotatable bonds is 7. The lowest BCUT2D eigenvalue weighted by Gasteiger charge is -2.22. The zero-order valence-electron chi connectivity index (χ0n) is 18.3.